The van der Waals surface area contributed by atoms with Gasteiger partial charge in [-0.2, -0.15) is 0 Å². The maximum atomic E-state index is 12.1. The smallest absolute Gasteiger partial charge is 0.310 e. The molecular weight excluding hydrogens is 310 g/mol. The first-order valence-electron chi connectivity index (χ1n) is 9.22. The van der Waals surface area contributed by atoms with E-state index in [1.807, 2.05) is 36.4 Å². The molecule has 0 spiro atoms. The van der Waals surface area contributed by atoms with Crippen molar-refractivity contribution in [1.29, 1.82) is 0 Å². The van der Waals surface area contributed by atoms with Gasteiger partial charge in [-0.1, -0.05) is 79.9 Å². The van der Waals surface area contributed by atoms with Crippen LogP contribution in [0.25, 0.3) is 0 Å². The highest BCUT2D eigenvalue weighted by atomic mass is 16.4. The molecule has 0 saturated heterocycles. The molecule has 0 atom stereocenters. The van der Waals surface area contributed by atoms with Gasteiger partial charge in [0, 0.05) is 19.6 Å². The summed E-state index contributed by atoms with van der Waals surface area (Å²) in [6, 6.07) is 20.7. The maximum Gasteiger partial charge on any atom is 0.310 e. The van der Waals surface area contributed by atoms with Crippen LogP contribution in [-0.4, -0.2) is 22.5 Å². The maximum absolute atomic E-state index is 12.1. The van der Waals surface area contributed by atoms with E-state index >= 15 is 0 Å². The fourth-order valence-corrected chi connectivity index (χ4v) is 3.95. The predicted molar refractivity (Wildman–Crippen MR) is 100 cm³/mol. The number of carboxylic acid groups (broad SMARTS) is 1. The summed E-state index contributed by atoms with van der Waals surface area (Å²) in [5.74, 6) is -0.627. The number of nitrogens with zero attached hydrogens (tertiary/aromatic N) is 1. The minimum absolute atomic E-state index is 0.595. The Morgan fingerprint density at radius 2 is 1.32 bits per heavy atom. The number of hydrogen-bond donors (Lipinski definition) is 1. The summed E-state index contributed by atoms with van der Waals surface area (Å²) in [7, 11) is 0. The Hall–Kier alpha value is -2.13. The molecule has 25 heavy (non-hydrogen) atoms. The van der Waals surface area contributed by atoms with Gasteiger partial charge < -0.3 is 5.11 Å². The first kappa shape index (κ1) is 17.7. The Morgan fingerprint density at radius 3 is 1.76 bits per heavy atom. The minimum atomic E-state index is -0.627. The van der Waals surface area contributed by atoms with Crippen molar-refractivity contribution in [2.75, 3.05) is 6.54 Å². The zero-order chi connectivity index (χ0) is 17.5. The zero-order valence-corrected chi connectivity index (χ0v) is 14.7. The largest absolute Gasteiger partial charge is 0.481 e. The second kappa shape index (κ2) is 8.30. The summed E-state index contributed by atoms with van der Waals surface area (Å²) in [5, 5.41) is 9.94. The molecule has 0 unspecified atom stereocenters. The van der Waals surface area contributed by atoms with Crippen LogP contribution in [0.1, 0.15) is 43.2 Å². The Balaban J connectivity index is 1.80. The van der Waals surface area contributed by atoms with Crippen LogP contribution in [0.5, 0.6) is 0 Å². The SMILES string of the molecule is O=C(O)C1(CN(Cc2ccccc2)Cc2ccccc2)CCCCC1. The molecule has 0 aromatic heterocycles. The predicted octanol–water partition coefficient (Wildman–Crippen LogP) is 4.72. The third-order valence-electron chi connectivity index (χ3n) is 5.29. The first-order chi connectivity index (χ1) is 12.2. The Labute approximate surface area is 150 Å². The Kier molecular flexibility index (Phi) is 5.87. The second-order valence-electron chi connectivity index (χ2n) is 7.26. The van der Waals surface area contributed by atoms with Crippen molar-refractivity contribution in [3.63, 3.8) is 0 Å². The first-order valence-corrected chi connectivity index (χ1v) is 9.22. The summed E-state index contributed by atoms with van der Waals surface area (Å²) in [6.07, 6.45) is 4.80. The fraction of sp³-hybridized carbons (Fsp3) is 0.409. The molecule has 0 radical (unpaired) electrons. The van der Waals surface area contributed by atoms with E-state index in [9.17, 15) is 9.90 Å². The van der Waals surface area contributed by atoms with Crippen molar-refractivity contribution in [3.8, 4) is 0 Å². The molecule has 0 heterocycles. The molecular formula is C22H27NO2. The van der Waals surface area contributed by atoms with E-state index in [2.05, 4.69) is 29.2 Å². The lowest BCUT2D eigenvalue weighted by atomic mass is 9.73. The van der Waals surface area contributed by atoms with E-state index in [0.29, 0.717) is 6.54 Å². The number of carbonyl (C=O) groups is 1. The van der Waals surface area contributed by atoms with Crippen molar-refractivity contribution in [1.82, 2.24) is 4.90 Å². The fourth-order valence-electron chi connectivity index (χ4n) is 3.95. The highest BCUT2D eigenvalue weighted by Crippen LogP contribution is 2.38. The summed E-state index contributed by atoms with van der Waals surface area (Å²) < 4.78 is 0. The van der Waals surface area contributed by atoms with Crippen LogP contribution in [0.2, 0.25) is 0 Å². The Morgan fingerprint density at radius 1 is 0.840 bits per heavy atom. The molecule has 2 aromatic rings. The van der Waals surface area contributed by atoms with Crippen LogP contribution in [0.4, 0.5) is 0 Å². The van der Waals surface area contributed by atoms with Crippen molar-refractivity contribution in [2.24, 2.45) is 5.41 Å². The number of benzene rings is 2. The highest BCUT2D eigenvalue weighted by molar-refractivity contribution is 5.75. The van der Waals surface area contributed by atoms with Crippen LogP contribution in [-0.2, 0) is 17.9 Å². The average molecular weight is 337 g/mol. The molecule has 3 rings (SSSR count). The van der Waals surface area contributed by atoms with Crippen LogP contribution in [0, 0.1) is 5.41 Å². The van der Waals surface area contributed by atoms with Crippen molar-refractivity contribution in [3.05, 3.63) is 71.8 Å². The van der Waals surface area contributed by atoms with Crippen molar-refractivity contribution >= 4 is 5.97 Å². The summed E-state index contributed by atoms with van der Waals surface area (Å²) in [6.45, 7) is 2.18. The zero-order valence-electron chi connectivity index (χ0n) is 14.7. The third kappa shape index (κ3) is 4.70. The number of carboxylic acids is 1. The van der Waals surface area contributed by atoms with Crippen LogP contribution in [0.3, 0.4) is 0 Å². The molecule has 3 heteroatoms. The molecule has 0 amide bonds. The molecule has 1 fully saturated rings. The summed E-state index contributed by atoms with van der Waals surface area (Å²) in [4.78, 5) is 14.4. The van der Waals surface area contributed by atoms with Crippen LogP contribution in [0.15, 0.2) is 60.7 Å². The van der Waals surface area contributed by atoms with E-state index in [4.69, 9.17) is 0 Å². The molecule has 0 bridgehead atoms. The van der Waals surface area contributed by atoms with Crippen LogP contribution < -0.4 is 0 Å². The summed E-state index contributed by atoms with van der Waals surface area (Å²) >= 11 is 0. The normalized spacial score (nSPS) is 16.7. The topological polar surface area (TPSA) is 40.5 Å². The third-order valence-corrected chi connectivity index (χ3v) is 5.29. The average Bonchev–Trinajstić information content (AvgIpc) is 2.64. The van der Waals surface area contributed by atoms with Gasteiger partial charge in [0.05, 0.1) is 5.41 Å². The van der Waals surface area contributed by atoms with Gasteiger partial charge in [-0.25, -0.2) is 0 Å². The number of rotatable bonds is 7. The molecule has 132 valence electrons. The van der Waals surface area contributed by atoms with Gasteiger partial charge >= 0.3 is 5.97 Å². The lowest BCUT2D eigenvalue weighted by Gasteiger charge is -2.38. The van der Waals surface area contributed by atoms with Crippen LogP contribution >= 0.6 is 0 Å². The molecule has 1 aliphatic carbocycles. The lowest BCUT2D eigenvalue weighted by molar-refractivity contribution is -0.152. The molecule has 1 aliphatic rings. The second-order valence-corrected chi connectivity index (χ2v) is 7.26. The van der Waals surface area contributed by atoms with E-state index in [1.54, 1.807) is 0 Å². The van der Waals surface area contributed by atoms with Gasteiger partial charge in [0.25, 0.3) is 0 Å². The molecule has 0 aliphatic heterocycles. The standard InChI is InChI=1S/C22H27NO2/c24-21(25)22(14-8-3-9-15-22)18-23(16-19-10-4-1-5-11-19)17-20-12-6-2-7-13-20/h1-2,4-7,10-13H,3,8-9,14-18H2,(H,24,25). The van der Waals surface area contributed by atoms with Crippen molar-refractivity contribution in [2.45, 2.75) is 45.2 Å². The van der Waals surface area contributed by atoms with E-state index in [1.165, 1.54) is 11.1 Å². The highest BCUT2D eigenvalue weighted by Gasteiger charge is 2.40. The van der Waals surface area contributed by atoms with E-state index < -0.39 is 11.4 Å². The molecule has 2 aromatic carbocycles. The van der Waals surface area contributed by atoms with E-state index in [-0.39, 0.29) is 0 Å². The van der Waals surface area contributed by atoms with E-state index in [0.717, 1.165) is 45.2 Å². The van der Waals surface area contributed by atoms with Gasteiger partial charge in [-0.3, -0.25) is 9.69 Å². The number of hydrogen-bond acceptors (Lipinski definition) is 2. The molecule has 1 saturated carbocycles. The minimum Gasteiger partial charge on any atom is -0.481 e. The van der Waals surface area contributed by atoms with Gasteiger partial charge in [-0.15, -0.1) is 0 Å². The molecule has 1 N–H and O–H groups in total. The van der Waals surface area contributed by atoms with Gasteiger partial charge in [0.1, 0.15) is 0 Å². The van der Waals surface area contributed by atoms with Gasteiger partial charge in [0.2, 0.25) is 0 Å². The summed E-state index contributed by atoms with van der Waals surface area (Å²) in [5.41, 5.74) is 1.87. The lowest BCUT2D eigenvalue weighted by Crippen LogP contribution is -2.44. The van der Waals surface area contributed by atoms with Crippen molar-refractivity contribution < 1.29 is 9.90 Å². The monoisotopic (exact) mass is 337 g/mol. The van der Waals surface area contributed by atoms with Gasteiger partial charge in [-0.05, 0) is 24.0 Å². The Bertz CT molecular complexity index is 621. The quantitative estimate of drug-likeness (QED) is 0.794. The molecule has 3 nitrogen and oxygen atoms in total. The number of aliphatic carboxylic acids is 1. The van der Waals surface area contributed by atoms with Gasteiger partial charge in [0.15, 0.2) is 0 Å².